The van der Waals surface area contributed by atoms with E-state index < -0.39 is 11.9 Å². The predicted molar refractivity (Wildman–Crippen MR) is 52.5 cm³/mol. The lowest BCUT2D eigenvalue weighted by Crippen LogP contribution is -2.22. The SMILES string of the molecule is CCOC(=O)C(=Cc1ccco1)C(N)=O. The van der Waals surface area contributed by atoms with Crippen molar-refractivity contribution in [2.75, 3.05) is 6.61 Å². The lowest BCUT2D eigenvalue weighted by molar-refractivity contribution is -0.139. The van der Waals surface area contributed by atoms with Gasteiger partial charge in [-0.15, -0.1) is 0 Å². The van der Waals surface area contributed by atoms with Crippen LogP contribution in [0.25, 0.3) is 6.08 Å². The lowest BCUT2D eigenvalue weighted by Gasteiger charge is -2.01. The van der Waals surface area contributed by atoms with Gasteiger partial charge in [-0.25, -0.2) is 4.79 Å². The fourth-order valence-corrected chi connectivity index (χ4v) is 0.955. The van der Waals surface area contributed by atoms with Crippen molar-refractivity contribution in [3.8, 4) is 0 Å². The maximum absolute atomic E-state index is 11.3. The first-order valence-electron chi connectivity index (χ1n) is 4.37. The molecule has 0 aliphatic heterocycles. The first kappa shape index (κ1) is 11.0. The molecule has 0 fully saturated rings. The Labute approximate surface area is 86.5 Å². The van der Waals surface area contributed by atoms with Gasteiger partial charge in [-0.05, 0) is 19.1 Å². The maximum Gasteiger partial charge on any atom is 0.343 e. The zero-order valence-electron chi connectivity index (χ0n) is 8.23. The van der Waals surface area contributed by atoms with E-state index in [-0.39, 0.29) is 12.2 Å². The minimum absolute atomic E-state index is 0.182. The Morgan fingerprint density at radius 1 is 1.60 bits per heavy atom. The van der Waals surface area contributed by atoms with Gasteiger partial charge < -0.3 is 14.9 Å². The Kier molecular flexibility index (Phi) is 3.68. The molecule has 0 atom stereocenters. The fourth-order valence-electron chi connectivity index (χ4n) is 0.955. The van der Waals surface area contributed by atoms with E-state index in [4.69, 9.17) is 10.2 Å². The minimum Gasteiger partial charge on any atom is -0.465 e. The summed E-state index contributed by atoms with van der Waals surface area (Å²) in [7, 11) is 0. The van der Waals surface area contributed by atoms with Crippen LogP contribution in [-0.2, 0) is 14.3 Å². The van der Waals surface area contributed by atoms with Gasteiger partial charge in [-0.1, -0.05) is 0 Å². The summed E-state index contributed by atoms with van der Waals surface area (Å²) < 4.78 is 9.61. The molecule has 1 aromatic heterocycles. The van der Waals surface area contributed by atoms with E-state index in [1.807, 2.05) is 0 Å². The number of hydrogen-bond donors (Lipinski definition) is 1. The molecule has 1 aromatic rings. The van der Waals surface area contributed by atoms with Crippen LogP contribution in [-0.4, -0.2) is 18.5 Å². The number of primary amides is 1. The zero-order valence-corrected chi connectivity index (χ0v) is 8.23. The van der Waals surface area contributed by atoms with Gasteiger partial charge >= 0.3 is 5.97 Å². The number of hydrogen-bond acceptors (Lipinski definition) is 4. The Hall–Kier alpha value is -2.04. The Morgan fingerprint density at radius 3 is 2.80 bits per heavy atom. The molecule has 0 aliphatic rings. The third kappa shape index (κ3) is 2.98. The van der Waals surface area contributed by atoms with Crippen LogP contribution in [0.15, 0.2) is 28.4 Å². The monoisotopic (exact) mass is 209 g/mol. The van der Waals surface area contributed by atoms with Crippen molar-refractivity contribution in [3.05, 3.63) is 29.7 Å². The van der Waals surface area contributed by atoms with Gasteiger partial charge in [0, 0.05) is 6.08 Å². The average Bonchev–Trinajstić information content (AvgIpc) is 2.66. The average molecular weight is 209 g/mol. The van der Waals surface area contributed by atoms with Crippen LogP contribution in [0.3, 0.4) is 0 Å². The summed E-state index contributed by atoms with van der Waals surface area (Å²) in [5.41, 5.74) is 4.80. The molecule has 0 unspecified atom stereocenters. The van der Waals surface area contributed by atoms with Crippen LogP contribution in [0.5, 0.6) is 0 Å². The third-order valence-corrected chi connectivity index (χ3v) is 1.59. The molecule has 0 spiro atoms. The minimum atomic E-state index is -0.843. The molecule has 0 radical (unpaired) electrons. The van der Waals surface area contributed by atoms with Crippen molar-refractivity contribution < 1.29 is 18.7 Å². The molecule has 0 bridgehead atoms. The van der Waals surface area contributed by atoms with Crippen LogP contribution in [0, 0.1) is 0 Å². The summed E-state index contributed by atoms with van der Waals surface area (Å²) in [4.78, 5) is 22.2. The number of nitrogens with two attached hydrogens (primary N) is 1. The normalized spacial score (nSPS) is 11.1. The topological polar surface area (TPSA) is 82.5 Å². The highest BCUT2D eigenvalue weighted by Gasteiger charge is 2.16. The number of ether oxygens (including phenoxy) is 1. The fraction of sp³-hybridized carbons (Fsp3) is 0.200. The van der Waals surface area contributed by atoms with Gasteiger partial charge in [0.25, 0.3) is 5.91 Å². The van der Waals surface area contributed by atoms with Crippen molar-refractivity contribution in [1.29, 1.82) is 0 Å². The summed E-state index contributed by atoms with van der Waals surface area (Å²) >= 11 is 0. The van der Waals surface area contributed by atoms with Gasteiger partial charge in [0.05, 0.1) is 12.9 Å². The largest absolute Gasteiger partial charge is 0.465 e. The van der Waals surface area contributed by atoms with Crippen molar-refractivity contribution in [2.45, 2.75) is 6.92 Å². The van der Waals surface area contributed by atoms with Crippen molar-refractivity contribution in [3.63, 3.8) is 0 Å². The number of carbonyl (C=O) groups excluding carboxylic acids is 2. The first-order chi connectivity index (χ1) is 7.15. The van der Waals surface area contributed by atoms with Crippen molar-refractivity contribution >= 4 is 18.0 Å². The van der Waals surface area contributed by atoms with E-state index in [0.717, 1.165) is 0 Å². The van der Waals surface area contributed by atoms with Gasteiger partial charge in [-0.2, -0.15) is 0 Å². The van der Waals surface area contributed by atoms with Crippen LogP contribution in [0.4, 0.5) is 0 Å². The molecular formula is C10H11NO4. The van der Waals surface area contributed by atoms with E-state index in [1.54, 1.807) is 19.1 Å². The van der Waals surface area contributed by atoms with E-state index in [2.05, 4.69) is 4.74 Å². The molecular weight excluding hydrogens is 198 g/mol. The van der Waals surface area contributed by atoms with Crippen LogP contribution < -0.4 is 5.73 Å². The Bertz CT molecular complexity index is 378. The summed E-state index contributed by atoms with van der Waals surface area (Å²) in [6.45, 7) is 1.82. The predicted octanol–water partition coefficient (Wildman–Crippen LogP) is 0.711. The molecule has 0 saturated heterocycles. The molecule has 0 aliphatic carbocycles. The first-order valence-corrected chi connectivity index (χ1v) is 4.37. The Morgan fingerprint density at radius 2 is 2.33 bits per heavy atom. The number of rotatable bonds is 4. The number of esters is 1. The molecule has 0 saturated carbocycles. The van der Waals surface area contributed by atoms with Crippen molar-refractivity contribution in [1.82, 2.24) is 0 Å². The summed E-state index contributed by atoms with van der Waals surface area (Å²) in [5.74, 6) is -1.22. The second-order valence-corrected chi connectivity index (χ2v) is 2.66. The number of amides is 1. The smallest absolute Gasteiger partial charge is 0.343 e. The number of furan rings is 1. The molecule has 80 valence electrons. The molecule has 5 heteroatoms. The summed E-state index contributed by atoms with van der Waals surface area (Å²) in [5, 5.41) is 0. The quantitative estimate of drug-likeness (QED) is 0.342. The van der Waals surface area contributed by atoms with Crippen LogP contribution in [0.1, 0.15) is 12.7 Å². The summed E-state index contributed by atoms with van der Waals surface area (Å²) in [6.07, 6.45) is 2.68. The van der Waals surface area contributed by atoms with Crippen molar-refractivity contribution in [2.24, 2.45) is 5.73 Å². The van der Waals surface area contributed by atoms with E-state index in [0.29, 0.717) is 5.76 Å². The molecule has 0 aromatic carbocycles. The number of carbonyl (C=O) groups is 2. The van der Waals surface area contributed by atoms with Gasteiger partial charge in [0.1, 0.15) is 11.3 Å². The lowest BCUT2D eigenvalue weighted by atomic mass is 10.2. The van der Waals surface area contributed by atoms with Crippen LogP contribution in [0.2, 0.25) is 0 Å². The third-order valence-electron chi connectivity index (χ3n) is 1.59. The standard InChI is InChI=1S/C10H11NO4/c1-2-14-10(13)8(9(11)12)6-7-4-3-5-15-7/h3-6H,2H2,1H3,(H2,11,12). The maximum atomic E-state index is 11.3. The molecule has 5 nitrogen and oxygen atoms in total. The van der Waals surface area contributed by atoms with E-state index in [1.165, 1.54) is 12.3 Å². The van der Waals surface area contributed by atoms with Gasteiger partial charge in [0.15, 0.2) is 0 Å². The molecule has 1 amide bonds. The molecule has 2 N–H and O–H groups in total. The second-order valence-electron chi connectivity index (χ2n) is 2.66. The Balaban J connectivity index is 2.92. The second kappa shape index (κ2) is 4.99. The zero-order chi connectivity index (χ0) is 11.3. The molecule has 1 heterocycles. The highest BCUT2D eigenvalue weighted by atomic mass is 16.5. The van der Waals surface area contributed by atoms with Crippen LogP contribution >= 0.6 is 0 Å². The van der Waals surface area contributed by atoms with Gasteiger partial charge in [0.2, 0.25) is 0 Å². The molecule has 1 rings (SSSR count). The molecule has 15 heavy (non-hydrogen) atoms. The van der Waals surface area contributed by atoms with E-state index >= 15 is 0 Å². The highest BCUT2D eigenvalue weighted by Crippen LogP contribution is 2.08. The van der Waals surface area contributed by atoms with Gasteiger partial charge in [-0.3, -0.25) is 4.79 Å². The highest BCUT2D eigenvalue weighted by molar-refractivity contribution is 6.19. The van der Waals surface area contributed by atoms with E-state index in [9.17, 15) is 9.59 Å². The summed E-state index contributed by atoms with van der Waals surface area (Å²) in [6, 6.07) is 3.23.